The van der Waals surface area contributed by atoms with E-state index in [1.165, 1.54) is 0 Å². The second kappa shape index (κ2) is 5.31. The molecule has 1 N–H and O–H groups in total. The lowest BCUT2D eigenvalue weighted by Gasteiger charge is -2.61. The Labute approximate surface area is 124 Å². The number of amides is 1. The van der Waals surface area contributed by atoms with Crippen LogP contribution in [0.3, 0.4) is 0 Å². The molecular formula is C16H21NO4. The predicted molar refractivity (Wildman–Crippen MR) is 76.7 cm³/mol. The average Bonchev–Trinajstić information content (AvgIpc) is 2.52. The SMILES string of the molecule is COC12CN(C(=O)OCc3ccccc3)CC(CO)(C1)C2. The summed E-state index contributed by atoms with van der Waals surface area (Å²) in [6.45, 7) is 1.43. The lowest BCUT2D eigenvalue weighted by molar-refractivity contribution is -0.214. The molecule has 5 heteroatoms. The van der Waals surface area contributed by atoms with Gasteiger partial charge in [-0.25, -0.2) is 4.79 Å². The van der Waals surface area contributed by atoms with Crippen LogP contribution in [0, 0.1) is 5.41 Å². The number of methoxy groups -OCH3 is 1. The first-order valence-corrected chi connectivity index (χ1v) is 7.22. The summed E-state index contributed by atoms with van der Waals surface area (Å²) >= 11 is 0. The minimum atomic E-state index is -0.336. The number of carbonyl (C=O) groups excluding carboxylic acids is 1. The monoisotopic (exact) mass is 291 g/mol. The van der Waals surface area contributed by atoms with Gasteiger partial charge in [0.1, 0.15) is 6.61 Å². The molecule has 3 aliphatic rings. The first-order valence-electron chi connectivity index (χ1n) is 7.22. The van der Waals surface area contributed by atoms with E-state index < -0.39 is 0 Å². The number of fused-ring (bicyclic) bond motifs is 2. The predicted octanol–water partition coefficient (Wildman–Crippen LogP) is 1.80. The van der Waals surface area contributed by atoms with Gasteiger partial charge in [0.05, 0.1) is 18.8 Å². The van der Waals surface area contributed by atoms with Crippen molar-refractivity contribution in [3.63, 3.8) is 0 Å². The van der Waals surface area contributed by atoms with Crippen molar-refractivity contribution in [2.24, 2.45) is 5.41 Å². The highest BCUT2D eigenvalue weighted by atomic mass is 16.6. The molecule has 0 radical (unpaired) electrons. The van der Waals surface area contributed by atoms with Crippen LogP contribution in [-0.2, 0) is 16.1 Å². The minimum Gasteiger partial charge on any atom is -0.445 e. The maximum absolute atomic E-state index is 12.2. The van der Waals surface area contributed by atoms with Crippen molar-refractivity contribution >= 4 is 6.09 Å². The Kier molecular flexibility index (Phi) is 3.63. The molecule has 1 amide bonds. The molecule has 2 aliphatic heterocycles. The average molecular weight is 291 g/mol. The number of benzene rings is 1. The normalized spacial score (nSPS) is 30.7. The van der Waals surface area contributed by atoms with Crippen LogP contribution in [0.1, 0.15) is 18.4 Å². The molecule has 1 aromatic carbocycles. The van der Waals surface area contributed by atoms with Gasteiger partial charge in [0.2, 0.25) is 0 Å². The van der Waals surface area contributed by atoms with E-state index in [2.05, 4.69) is 0 Å². The first kappa shape index (κ1) is 14.4. The molecule has 1 aromatic rings. The van der Waals surface area contributed by atoms with Gasteiger partial charge in [0.25, 0.3) is 0 Å². The Balaban J connectivity index is 1.60. The standard InChI is InChI=1S/C16H21NO4/c1-20-16-8-15(9-16,12-18)10-17(11-16)14(19)21-7-13-5-3-2-4-6-13/h2-6,18H,7-12H2,1H3. The van der Waals surface area contributed by atoms with E-state index >= 15 is 0 Å². The number of nitrogens with zero attached hydrogens (tertiary/aromatic N) is 1. The third-order valence-electron chi connectivity index (χ3n) is 4.63. The molecule has 4 rings (SSSR count). The van der Waals surface area contributed by atoms with Gasteiger partial charge in [-0.05, 0) is 18.4 Å². The van der Waals surface area contributed by atoms with Crippen molar-refractivity contribution in [1.82, 2.24) is 4.90 Å². The fraction of sp³-hybridized carbons (Fsp3) is 0.562. The Hall–Kier alpha value is -1.59. The van der Waals surface area contributed by atoms with E-state index in [9.17, 15) is 9.90 Å². The van der Waals surface area contributed by atoms with E-state index in [-0.39, 0.29) is 30.3 Å². The number of hydrogen-bond donors (Lipinski definition) is 1. The fourth-order valence-corrected chi connectivity index (χ4v) is 3.66. The Morgan fingerprint density at radius 1 is 1.29 bits per heavy atom. The van der Waals surface area contributed by atoms with Crippen molar-refractivity contribution in [2.45, 2.75) is 25.0 Å². The van der Waals surface area contributed by atoms with Crippen LogP contribution in [0.25, 0.3) is 0 Å². The summed E-state index contributed by atoms with van der Waals surface area (Å²) in [7, 11) is 1.67. The second-order valence-electron chi connectivity index (χ2n) is 6.30. The van der Waals surface area contributed by atoms with E-state index in [1.807, 2.05) is 30.3 Å². The maximum Gasteiger partial charge on any atom is 0.410 e. The molecule has 1 saturated carbocycles. The highest BCUT2D eigenvalue weighted by Gasteiger charge is 2.61. The van der Waals surface area contributed by atoms with Crippen LogP contribution < -0.4 is 0 Å². The Bertz CT molecular complexity index is 492. The lowest BCUT2D eigenvalue weighted by atomic mass is 9.56. The molecule has 2 heterocycles. The van der Waals surface area contributed by atoms with Crippen molar-refractivity contribution < 1.29 is 19.4 Å². The topological polar surface area (TPSA) is 59.0 Å². The maximum atomic E-state index is 12.2. The van der Waals surface area contributed by atoms with Crippen LogP contribution in [0.4, 0.5) is 4.79 Å². The van der Waals surface area contributed by atoms with Crippen molar-refractivity contribution in [2.75, 3.05) is 26.8 Å². The summed E-state index contributed by atoms with van der Waals surface area (Å²) in [6.07, 6.45) is 1.29. The van der Waals surface area contributed by atoms with Crippen LogP contribution >= 0.6 is 0 Å². The van der Waals surface area contributed by atoms with Gasteiger partial charge in [-0.1, -0.05) is 30.3 Å². The fourth-order valence-electron chi connectivity index (χ4n) is 3.66. The molecule has 114 valence electrons. The summed E-state index contributed by atoms with van der Waals surface area (Å²) in [6, 6.07) is 9.61. The number of piperidine rings is 2. The third-order valence-corrected chi connectivity index (χ3v) is 4.63. The van der Waals surface area contributed by atoms with Gasteiger partial charge in [-0.3, -0.25) is 0 Å². The van der Waals surface area contributed by atoms with Crippen LogP contribution in [0.15, 0.2) is 30.3 Å². The molecular weight excluding hydrogens is 270 g/mol. The number of rotatable bonds is 4. The third kappa shape index (κ3) is 2.63. The number of ether oxygens (including phenoxy) is 2. The molecule has 1 aliphatic carbocycles. The molecule has 0 spiro atoms. The zero-order chi connectivity index (χ0) is 14.9. The molecule has 5 nitrogen and oxygen atoms in total. The van der Waals surface area contributed by atoms with E-state index in [1.54, 1.807) is 12.0 Å². The Morgan fingerprint density at radius 2 is 2.00 bits per heavy atom. The molecule has 0 unspecified atom stereocenters. The van der Waals surface area contributed by atoms with E-state index in [0.29, 0.717) is 13.1 Å². The zero-order valence-corrected chi connectivity index (χ0v) is 12.2. The van der Waals surface area contributed by atoms with Crippen LogP contribution in [0.2, 0.25) is 0 Å². The number of hydrogen-bond acceptors (Lipinski definition) is 4. The van der Waals surface area contributed by atoms with Gasteiger partial charge in [-0.15, -0.1) is 0 Å². The number of aliphatic hydroxyl groups excluding tert-OH is 1. The smallest absolute Gasteiger partial charge is 0.410 e. The van der Waals surface area contributed by atoms with Crippen LogP contribution in [0.5, 0.6) is 0 Å². The van der Waals surface area contributed by atoms with E-state index in [4.69, 9.17) is 9.47 Å². The van der Waals surface area contributed by atoms with Gasteiger partial charge in [0, 0.05) is 19.1 Å². The summed E-state index contributed by atoms with van der Waals surface area (Å²) < 4.78 is 10.9. The second-order valence-corrected chi connectivity index (χ2v) is 6.30. The molecule has 0 atom stereocenters. The summed E-state index contributed by atoms with van der Waals surface area (Å²) in [5.74, 6) is 0. The summed E-state index contributed by atoms with van der Waals surface area (Å²) in [5, 5.41) is 9.57. The zero-order valence-electron chi connectivity index (χ0n) is 12.2. The Morgan fingerprint density at radius 3 is 2.62 bits per heavy atom. The largest absolute Gasteiger partial charge is 0.445 e. The van der Waals surface area contributed by atoms with Crippen molar-refractivity contribution in [3.8, 4) is 0 Å². The first-order chi connectivity index (χ1) is 10.1. The molecule has 21 heavy (non-hydrogen) atoms. The number of aliphatic hydroxyl groups is 1. The minimum absolute atomic E-state index is 0.0839. The van der Waals surface area contributed by atoms with Crippen LogP contribution in [-0.4, -0.2) is 48.5 Å². The van der Waals surface area contributed by atoms with Gasteiger partial charge >= 0.3 is 6.09 Å². The highest BCUT2D eigenvalue weighted by molar-refractivity contribution is 5.68. The summed E-state index contributed by atoms with van der Waals surface area (Å²) in [5.41, 5.74) is 0.457. The van der Waals surface area contributed by atoms with E-state index in [0.717, 1.165) is 18.4 Å². The molecule has 0 aromatic heterocycles. The quantitative estimate of drug-likeness (QED) is 0.919. The highest BCUT2D eigenvalue weighted by Crippen LogP contribution is 2.54. The van der Waals surface area contributed by atoms with Gasteiger partial charge in [-0.2, -0.15) is 0 Å². The molecule has 2 bridgehead atoms. The summed E-state index contributed by atoms with van der Waals surface area (Å²) in [4.78, 5) is 13.9. The number of carbonyl (C=O) groups is 1. The lowest BCUT2D eigenvalue weighted by Crippen LogP contribution is -2.69. The molecule has 2 saturated heterocycles. The van der Waals surface area contributed by atoms with Crippen molar-refractivity contribution in [1.29, 1.82) is 0 Å². The van der Waals surface area contributed by atoms with Gasteiger partial charge in [0.15, 0.2) is 0 Å². The van der Waals surface area contributed by atoms with Gasteiger partial charge < -0.3 is 19.5 Å². The molecule has 3 fully saturated rings. The van der Waals surface area contributed by atoms with Crippen molar-refractivity contribution in [3.05, 3.63) is 35.9 Å².